The first-order valence-electron chi connectivity index (χ1n) is 17.8. The molecule has 44 heavy (non-hydrogen) atoms. The third kappa shape index (κ3) is 32.5. The van der Waals surface area contributed by atoms with Gasteiger partial charge in [-0.25, -0.2) is 0 Å². The van der Waals surface area contributed by atoms with Gasteiger partial charge < -0.3 is 14.6 Å². The first kappa shape index (κ1) is 41.6. The molecule has 5 nitrogen and oxygen atoms in total. The molecule has 0 aliphatic carbocycles. The molecule has 5 heteroatoms. The molecule has 0 aliphatic rings. The second-order valence-corrected chi connectivity index (χ2v) is 11.6. The van der Waals surface area contributed by atoms with E-state index >= 15 is 0 Å². The zero-order valence-electron chi connectivity index (χ0n) is 28.4. The van der Waals surface area contributed by atoms with Crippen LogP contribution in [0.1, 0.15) is 155 Å². The van der Waals surface area contributed by atoms with Gasteiger partial charge in [0.15, 0.2) is 6.10 Å². The van der Waals surface area contributed by atoms with Crippen molar-refractivity contribution in [2.45, 2.75) is 161 Å². The summed E-state index contributed by atoms with van der Waals surface area (Å²) in [6, 6.07) is 0. The number of esters is 2. The maximum Gasteiger partial charge on any atom is 0.306 e. The van der Waals surface area contributed by atoms with Crippen molar-refractivity contribution in [3.05, 3.63) is 60.8 Å². The second kappa shape index (κ2) is 35.1. The van der Waals surface area contributed by atoms with Crippen molar-refractivity contribution in [1.29, 1.82) is 0 Å². The molecule has 252 valence electrons. The normalized spacial score (nSPS) is 12.9. The molecule has 0 rings (SSSR count). The Labute approximate surface area is 271 Å². The lowest BCUT2D eigenvalue weighted by Crippen LogP contribution is -2.28. The van der Waals surface area contributed by atoms with Crippen molar-refractivity contribution >= 4 is 11.9 Å². The van der Waals surface area contributed by atoms with Gasteiger partial charge in [-0.1, -0.05) is 126 Å². The van der Waals surface area contributed by atoms with Crippen molar-refractivity contribution in [1.82, 2.24) is 0 Å². The van der Waals surface area contributed by atoms with Crippen molar-refractivity contribution in [2.24, 2.45) is 0 Å². The van der Waals surface area contributed by atoms with Gasteiger partial charge in [0, 0.05) is 12.8 Å². The van der Waals surface area contributed by atoms with Gasteiger partial charge in [-0.3, -0.25) is 9.59 Å². The lowest BCUT2D eigenvalue weighted by Gasteiger charge is -2.15. The van der Waals surface area contributed by atoms with Crippen LogP contribution in [-0.4, -0.2) is 36.4 Å². The van der Waals surface area contributed by atoms with Gasteiger partial charge in [0.2, 0.25) is 0 Å². The van der Waals surface area contributed by atoms with Crippen LogP contribution in [0.2, 0.25) is 0 Å². The molecule has 0 amide bonds. The number of ether oxygens (including phenoxy) is 2. The molecule has 0 fully saturated rings. The number of aliphatic hydroxyl groups is 1. The van der Waals surface area contributed by atoms with E-state index < -0.39 is 6.10 Å². The largest absolute Gasteiger partial charge is 0.462 e. The Morgan fingerprint density at radius 1 is 0.545 bits per heavy atom. The SMILES string of the molecule is CC/C=C\C/C=C\C/C=C\C/C=C\CCCCC(=O)O[C@@H](CO)COC(=O)CCCCCCC/C=C\CCCCCCCC. The topological polar surface area (TPSA) is 72.8 Å². The van der Waals surface area contributed by atoms with E-state index in [1.54, 1.807) is 0 Å². The Balaban J connectivity index is 3.68. The fraction of sp³-hybridized carbons (Fsp3) is 0.692. The Morgan fingerprint density at radius 2 is 0.977 bits per heavy atom. The van der Waals surface area contributed by atoms with E-state index in [9.17, 15) is 14.7 Å². The Hall–Kier alpha value is -2.40. The van der Waals surface area contributed by atoms with Crippen molar-refractivity contribution < 1.29 is 24.2 Å². The number of allylic oxidation sites excluding steroid dienone is 10. The summed E-state index contributed by atoms with van der Waals surface area (Å²) in [5.41, 5.74) is 0. The lowest BCUT2D eigenvalue weighted by molar-refractivity contribution is -0.161. The van der Waals surface area contributed by atoms with Crippen LogP contribution in [0.4, 0.5) is 0 Å². The molecule has 1 atom stereocenters. The van der Waals surface area contributed by atoms with Crippen LogP contribution in [0.15, 0.2) is 60.8 Å². The van der Waals surface area contributed by atoms with Gasteiger partial charge in [-0.15, -0.1) is 0 Å². The average Bonchev–Trinajstić information content (AvgIpc) is 3.02. The Bertz CT molecular complexity index is 792. The standard InChI is InChI=1S/C39H66O5/c1-3-5-7-9-11-13-15-17-19-21-23-25-27-29-31-33-38(41)43-36-37(35-40)44-39(42)34-32-30-28-26-24-22-20-18-16-14-12-10-8-6-4-2/h6,8,12,14,17-20,24,26,37,40H,3-5,7,9-11,13,15-16,21-23,25,27-36H2,1-2H3/b8-6-,14-12-,19-17-,20-18-,26-24-/t37-/m0/s1. The summed E-state index contributed by atoms with van der Waals surface area (Å²) in [7, 11) is 0. The number of rotatable bonds is 31. The number of carbonyl (C=O) groups is 2. The minimum Gasteiger partial charge on any atom is -0.462 e. The minimum absolute atomic E-state index is 0.0892. The molecule has 1 N–H and O–H groups in total. The third-order valence-corrected chi connectivity index (χ3v) is 7.30. The van der Waals surface area contributed by atoms with E-state index in [-0.39, 0.29) is 25.2 Å². The molecule has 0 saturated carbocycles. The number of hydrogen-bond donors (Lipinski definition) is 1. The van der Waals surface area contributed by atoms with Gasteiger partial charge in [-0.2, -0.15) is 0 Å². The minimum atomic E-state index is -0.796. The first-order chi connectivity index (χ1) is 21.6. The highest BCUT2D eigenvalue weighted by molar-refractivity contribution is 5.70. The first-order valence-corrected chi connectivity index (χ1v) is 17.8. The van der Waals surface area contributed by atoms with Crippen LogP contribution in [0, 0.1) is 0 Å². The molecular weight excluding hydrogens is 548 g/mol. The fourth-order valence-electron chi connectivity index (χ4n) is 4.60. The van der Waals surface area contributed by atoms with E-state index in [0.717, 1.165) is 70.6 Å². The molecular formula is C39H66O5. The zero-order chi connectivity index (χ0) is 32.2. The van der Waals surface area contributed by atoms with E-state index in [1.165, 1.54) is 57.8 Å². The van der Waals surface area contributed by atoms with Crippen LogP contribution in [0.3, 0.4) is 0 Å². The van der Waals surface area contributed by atoms with Crippen molar-refractivity contribution in [3.63, 3.8) is 0 Å². The molecule has 0 saturated heterocycles. The Morgan fingerprint density at radius 3 is 1.55 bits per heavy atom. The highest BCUT2D eigenvalue weighted by atomic mass is 16.6. The predicted octanol–water partition coefficient (Wildman–Crippen LogP) is 10.8. The van der Waals surface area contributed by atoms with E-state index in [2.05, 4.69) is 74.6 Å². The molecule has 0 spiro atoms. The number of unbranched alkanes of at least 4 members (excludes halogenated alkanes) is 13. The van der Waals surface area contributed by atoms with Gasteiger partial charge in [0.1, 0.15) is 6.61 Å². The van der Waals surface area contributed by atoms with E-state index in [0.29, 0.717) is 12.8 Å². The van der Waals surface area contributed by atoms with Crippen molar-refractivity contribution in [2.75, 3.05) is 13.2 Å². The van der Waals surface area contributed by atoms with Crippen LogP contribution in [0.5, 0.6) is 0 Å². The summed E-state index contributed by atoms with van der Waals surface area (Å²) >= 11 is 0. The van der Waals surface area contributed by atoms with E-state index in [1.807, 2.05) is 0 Å². The van der Waals surface area contributed by atoms with Crippen LogP contribution in [-0.2, 0) is 19.1 Å². The molecule has 0 unspecified atom stereocenters. The maximum absolute atomic E-state index is 12.1. The quantitative estimate of drug-likeness (QED) is 0.0478. The van der Waals surface area contributed by atoms with Crippen LogP contribution in [0.25, 0.3) is 0 Å². The molecule has 0 aromatic heterocycles. The molecule has 0 heterocycles. The molecule has 0 aliphatic heterocycles. The van der Waals surface area contributed by atoms with Gasteiger partial charge >= 0.3 is 11.9 Å². The summed E-state index contributed by atoms with van der Waals surface area (Å²) in [6.45, 7) is 3.95. The Kier molecular flexibility index (Phi) is 33.2. The van der Waals surface area contributed by atoms with Gasteiger partial charge in [-0.05, 0) is 77.0 Å². The summed E-state index contributed by atoms with van der Waals surface area (Å²) < 4.78 is 10.5. The number of carbonyl (C=O) groups excluding carboxylic acids is 2. The molecule has 0 aromatic carbocycles. The third-order valence-electron chi connectivity index (χ3n) is 7.30. The highest BCUT2D eigenvalue weighted by Gasteiger charge is 2.16. The summed E-state index contributed by atoms with van der Waals surface area (Å²) in [5, 5.41) is 9.51. The molecule has 0 aromatic rings. The molecule has 0 bridgehead atoms. The summed E-state index contributed by atoms with van der Waals surface area (Å²) in [5.74, 6) is -0.655. The number of aliphatic hydroxyl groups excluding tert-OH is 1. The second-order valence-electron chi connectivity index (χ2n) is 11.6. The maximum atomic E-state index is 12.1. The smallest absolute Gasteiger partial charge is 0.306 e. The van der Waals surface area contributed by atoms with Crippen molar-refractivity contribution in [3.8, 4) is 0 Å². The average molecular weight is 615 g/mol. The van der Waals surface area contributed by atoms with Crippen LogP contribution < -0.4 is 0 Å². The summed E-state index contributed by atoms with van der Waals surface area (Å²) in [4.78, 5) is 24.1. The summed E-state index contributed by atoms with van der Waals surface area (Å²) in [6.07, 6.45) is 44.2. The molecule has 0 radical (unpaired) electrons. The van der Waals surface area contributed by atoms with Crippen LogP contribution >= 0.6 is 0 Å². The lowest BCUT2D eigenvalue weighted by atomic mass is 10.1. The highest BCUT2D eigenvalue weighted by Crippen LogP contribution is 2.11. The predicted molar refractivity (Wildman–Crippen MR) is 187 cm³/mol. The fourth-order valence-corrected chi connectivity index (χ4v) is 4.60. The van der Waals surface area contributed by atoms with Gasteiger partial charge in [0.25, 0.3) is 0 Å². The monoisotopic (exact) mass is 614 g/mol. The van der Waals surface area contributed by atoms with Gasteiger partial charge in [0.05, 0.1) is 6.61 Å². The zero-order valence-corrected chi connectivity index (χ0v) is 28.4. The number of hydrogen-bond acceptors (Lipinski definition) is 5. The van der Waals surface area contributed by atoms with E-state index in [4.69, 9.17) is 9.47 Å².